The summed E-state index contributed by atoms with van der Waals surface area (Å²) in [6.45, 7) is 3.51. The summed E-state index contributed by atoms with van der Waals surface area (Å²) in [4.78, 5) is 6.52. The van der Waals surface area contributed by atoms with Crippen molar-refractivity contribution >= 4 is 17.1 Å². The highest BCUT2D eigenvalue weighted by atomic mass is 15.2. The van der Waals surface area contributed by atoms with Gasteiger partial charge in [-0.2, -0.15) is 15.8 Å². The van der Waals surface area contributed by atoms with E-state index >= 15 is 0 Å². The molecule has 28 heavy (non-hydrogen) atoms. The molecule has 2 aromatic rings. The highest BCUT2D eigenvalue weighted by Gasteiger charge is 2.33. The Morgan fingerprint density at radius 3 is 2.29 bits per heavy atom. The van der Waals surface area contributed by atoms with Gasteiger partial charge in [-0.3, -0.25) is 0 Å². The van der Waals surface area contributed by atoms with Crippen LogP contribution in [0.25, 0.3) is 5.57 Å². The first kappa shape index (κ1) is 17.3. The molecule has 0 spiro atoms. The molecule has 1 aromatic carbocycles. The van der Waals surface area contributed by atoms with Gasteiger partial charge >= 0.3 is 0 Å². The second-order valence-corrected chi connectivity index (χ2v) is 6.66. The number of benzene rings is 1. The molecule has 1 aliphatic carbocycles. The Morgan fingerprint density at radius 1 is 0.964 bits per heavy atom. The number of hydrogen-bond acceptors (Lipinski definition) is 5. The molecule has 1 unspecified atom stereocenters. The van der Waals surface area contributed by atoms with Gasteiger partial charge in [-0.05, 0) is 48.8 Å². The maximum atomic E-state index is 9.93. The molecule has 132 valence electrons. The minimum Gasteiger partial charge on any atom is -0.313 e. The van der Waals surface area contributed by atoms with Gasteiger partial charge in [0.2, 0.25) is 0 Å². The summed E-state index contributed by atoms with van der Waals surface area (Å²) in [5, 5.41) is 29.4. The smallest absolute Gasteiger partial charge is 0.141 e. The molecule has 1 atom stereocenters. The van der Waals surface area contributed by atoms with Gasteiger partial charge in [0, 0.05) is 11.8 Å². The van der Waals surface area contributed by atoms with Gasteiger partial charge in [-0.15, -0.1) is 0 Å². The molecule has 2 bridgehead atoms. The largest absolute Gasteiger partial charge is 0.313 e. The van der Waals surface area contributed by atoms with Gasteiger partial charge in [0.1, 0.15) is 18.0 Å². The highest BCUT2D eigenvalue weighted by molar-refractivity contribution is 5.91. The quantitative estimate of drug-likeness (QED) is 0.754. The lowest BCUT2D eigenvalue weighted by atomic mass is 9.89. The van der Waals surface area contributed by atoms with Gasteiger partial charge < -0.3 is 4.90 Å². The number of hydrogen-bond donors (Lipinski definition) is 0. The fourth-order valence-electron chi connectivity index (χ4n) is 3.88. The first-order chi connectivity index (χ1) is 13.6. The molecule has 0 amide bonds. The van der Waals surface area contributed by atoms with Crippen molar-refractivity contribution in [2.24, 2.45) is 0 Å². The number of pyridine rings is 1. The number of rotatable bonds is 1. The van der Waals surface area contributed by atoms with E-state index in [0.29, 0.717) is 39.3 Å². The van der Waals surface area contributed by atoms with Crippen molar-refractivity contribution < 1.29 is 0 Å². The Labute approximate surface area is 163 Å². The van der Waals surface area contributed by atoms with E-state index in [2.05, 4.69) is 29.3 Å². The molecule has 4 rings (SSSR count). The van der Waals surface area contributed by atoms with Crippen molar-refractivity contribution in [3.05, 3.63) is 82.1 Å². The average Bonchev–Trinajstić information content (AvgIpc) is 2.92. The van der Waals surface area contributed by atoms with Gasteiger partial charge in [0.25, 0.3) is 0 Å². The summed E-state index contributed by atoms with van der Waals surface area (Å²) in [5.74, 6) is 0.692. The van der Waals surface area contributed by atoms with Gasteiger partial charge in [0.15, 0.2) is 0 Å². The normalized spacial score (nSPS) is 16.3. The fraction of sp³-hybridized carbons (Fsp3) is 0.130. The van der Waals surface area contributed by atoms with E-state index in [0.717, 1.165) is 11.1 Å². The maximum Gasteiger partial charge on any atom is 0.141 e. The van der Waals surface area contributed by atoms with Crippen LogP contribution in [0.1, 0.15) is 33.4 Å². The molecule has 1 aromatic heterocycles. The van der Waals surface area contributed by atoms with Crippen LogP contribution in [0.4, 0.5) is 11.5 Å². The molecular weight excluding hydrogens is 346 g/mol. The van der Waals surface area contributed by atoms with Crippen LogP contribution in [0.3, 0.4) is 0 Å². The molecular formula is C23H15N5. The van der Waals surface area contributed by atoms with E-state index in [1.165, 1.54) is 0 Å². The number of aromatic nitrogens is 1. The summed E-state index contributed by atoms with van der Waals surface area (Å²) >= 11 is 0. The fourth-order valence-corrected chi connectivity index (χ4v) is 3.88. The zero-order chi connectivity index (χ0) is 19.8. The van der Waals surface area contributed by atoms with Crippen LogP contribution in [0, 0.1) is 47.8 Å². The molecule has 2 heterocycles. The Bertz CT molecular complexity index is 1180. The first-order valence-electron chi connectivity index (χ1n) is 8.81. The third-order valence-electron chi connectivity index (χ3n) is 5.22. The zero-order valence-corrected chi connectivity index (χ0v) is 15.4. The summed E-state index contributed by atoms with van der Waals surface area (Å²) in [6, 6.07) is 10.3. The standard InChI is InChI=1S/C23H15N5/c1-14-19(11-24)15(2)21(13-26)22(20(14)12-25)28-17-7-4-3-6-16(10-17)18-8-5-9-27-23(18)28/h3-10,17H,1-2H3. The highest BCUT2D eigenvalue weighted by Crippen LogP contribution is 2.44. The van der Waals surface area contributed by atoms with Crippen molar-refractivity contribution in [3.63, 3.8) is 0 Å². The van der Waals surface area contributed by atoms with Crippen LogP contribution in [-0.4, -0.2) is 11.0 Å². The SMILES string of the molecule is Cc1c(C#N)c(C)c(C#N)c(N2c3ncccc3C3=CC2C=CC=C3)c1C#N. The van der Waals surface area contributed by atoms with Crippen LogP contribution < -0.4 is 4.90 Å². The third-order valence-corrected chi connectivity index (χ3v) is 5.22. The number of nitriles is 3. The van der Waals surface area contributed by atoms with Crippen LogP contribution in [0.5, 0.6) is 0 Å². The molecule has 1 aliphatic heterocycles. The van der Waals surface area contributed by atoms with E-state index in [4.69, 9.17) is 0 Å². The van der Waals surface area contributed by atoms with Crippen molar-refractivity contribution in [1.82, 2.24) is 4.98 Å². The molecule has 0 fully saturated rings. The molecule has 0 saturated carbocycles. The van der Waals surface area contributed by atoms with E-state index < -0.39 is 0 Å². The lowest BCUT2D eigenvalue weighted by Crippen LogP contribution is -2.33. The van der Waals surface area contributed by atoms with Crippen molar-refractivity contribution in [2.75, 3.05) is 4.90 Å². The predicted molar refractivity (Wildman–Crippen MR) is 106 cm³/mol. The Hall–Kier alpha value is -4.14. The van der Waals surface area contributed by atoms with Crippen molar-refractivity contribution in [2.45, 2.75) is 19.9 Å². The number of allylic oxidation sites excluding steroid dienone is 4. The maximum absolute atomic E-state index is 9.93. The van der Waals surface area contributed by atoms with E-state index in [9.17, 15) is 15.8 Å². The zero-order valence-electron chi connectivity index (χ0n) is 15.4. The van der Waals surface area contributed by atoms with Crippen LogP contribution in [0.15, 0.2) is 48.7 Å². The molecule has 5 heteroatoms. The summed E-state index contributed by atoms with van der Waals surface area (Å²) < 4.78 is 0. The predicted octanol–water partition coefficient (Wildman–Crippen LogP) is 4.34. The summed E-state index contributed by atoms with van der Waals surface area (Å²) in [5.41, 5.74) is 4.70. The average molecular weight is 361 g/mol. The molecule has 5 nitrogen and oxygen atoms in total. The lowest BCUT2D eigenvalue weighted by molar-refractivity contribution is 0.899. The van der Waals surface area contributed by atoms with Crippen molar-refractivity contribution in [1.29, 1.82) is 15.8 Å². The van der Waals surface area contributed by atoms with E-state index in [1.807, 2.05) is 41.3 Å². The Kier molecular flexibility index (Phi) is 4.04. The molecule has 0 N–H and O–H groups in total. The molecule has 0 radical (unpaired) electrons. The van der Waals surface area contributed by atoms with E-state index in [1.54, 1.807) is 20.0 Å². The lowest BCUT2D eigenvalue weighted by Gasteiger charge is -2.36. The van der Waals surface area contributed by atoms with Crippen LogP contribution in [0.2, 0.25) is 0 Å². The molecule has 0 saturated heterocycles. The minimum atomic E-state index is -0.196. The van der Waals surface area contributed by atoms with E-state index in [-0.39, 0.29) is 6.04 Å². The summed E-state index contributed by atoms with van der Waals surface area (Å²) in [7, 11) is 0. The second-order valence-electron chi connectivity index (χ2n) is 6.66. The minimum absolute atomic E-state index is 0.196. The topological polar surface area (TPSA) is 87.5 Å². The Balaban J connectivity index is 2.12. The van der Waals surface area contributed by atoms with Gasteiger partial charge in [0.05, 0.1) is 34.5 Å². The number of anilines is 2. The number of fused-ring (bicyclic) bond motifs is 3. The number of nitrogens with zero attached hydrogens (tertiary/aromatic N) is 5. The Morgan fingerprint density at radius 2 is 1.64 bits per heavy atom. The van der Waals surface area contributed by atoms with Gasteiger partial charge in [-0.1, -0.05) is 24.3 Å². The monoisotopic (exact) mass is 361 g/mol. The molecule has 2 aliphatic rings. The first-order valence-corrected chi connectivity index (χ1v) is 8.81. The van der Waals surface area contributed by atoms with Crippen LogP contribution in [-0.2, 0) is 0 Å². The second kappa shape index (κ2) is 6.54. The summed E-state index contributed by atoms with van der Waals surface area (Å²) in [6.07, 6.45) is 11.8. The third kappa shape index (κ3) is 2.33. The van der Waals surface area contributed by atoms with Crippen molar-refractivity contribution in [3.8, 4) is 18.2 Å². The van der Waals surface area contributed by atoms with Crippen LogP contribution >= 0.6 is 0 Å². The van der Waals surface area contributed by atoms with Gasteiger partial charge in [-0.25, -0.2) is 4.98 Å².